The number of carbonyl (C=O) groups excluding carboxylic acids is 2. The Kier molecular flexibility index (Phi) is 5.64. The molecular weight excluding hydrogens is 320 g/mol. The number of hydrogen-bond acceptors (Lipinski definition) is 3. The molecule has 1 aliphatic heterocycles. The van der Waals surface area contributed by atoms with Gasteiger partial charge in [0.2, 0.25) is 11.8 Å². The minimum Gasteiger partial charge on any atom is -0.342 e. The molecule has 1 fully saturated rings. The molecule has 1 aliphatic rings. The van der Waals surface area contributed by atoms with Crippen molar-refractivity contribution in [3.05, 3.63) is 52.2 Å². The van der Waals surface area contributed by atoms with Gasteiger partial charge in [-0.3, -0.25) is 9.59 Å². The largest absolute Gasteiger partial charge is 0.342 e. The van der Waals surface area contributed by atoms with Crippen LogP contribution in [-0.4, -0.2) is 29.8 Å². The Labute approximate surface area is 146 Å². The monoisotopic (exact) mass is 342 g/mol. The Balaban J connectivity index is 1.51. The number of nitrogens with one attached hydrogen (secondary N) is 1. The molecule has 1 aromatic heterocycles. The van der Waals surface area contributed by atoms with Crippen molar-refractivity contribution in [3.63, 3.8) is 0 Å². The molecular formula is C19H22N2O2S. The maximum atomic E-state index is 12.3. The summed E-state index contributed by atoms with van der Waals surface area (Å²) in [4.78, 5) is 27.3. The van der Waals surface area contributed by atoms with Crippen LogP contribution in [-0.2, 0) is 22.4 Å². The minimum absolute atomic E-state index is 0.0189. The van der Waals surface area contributed by atoms with E-state index >= 15 is 0 Å². The third-order valence-electron chi connectivity index (χ3n) is 4.22. The summed E-state index contributed by atoms with van der Waals surface area (Å²) in [6.45, 7) is 1.77. The van der Waals surface area contributed by atoms with E-state index in [4.69, 9.17) is 0 Å². The van der Waals surface area contributed by atoms with E-state index in [1.54, 1.807) is 11.3 Å². The number of thiophene rings is 1. The number of anilines is 1. The van der Waals surface area contributed by atoms with Crippen LogP contribution in [0.4, 0.5) is 5.69 Å². The Morgan fingerprint density at radius 1 is 1.00 bits per heavy atom. The zero-order valence-corrected chi connectivity index (χ0v) is 14.5. The van der Waals surface area contributed by atoms with Gasteiger partial charge in [0, 0.05) is 23.7 Å². The van der Waals surface area contributed by atoms with E-state index in [9.17, 15) is 9.59 Å². The van der Waals surface area contributed by atoms with E-state index in [-0.39, 0.29) is 11.8 Å². The number of amides is 2. The van der Waals surface area contributed by atoms with Gasteiger partial charge in [-0.2, -0.15) is 0 Å². The molecule has 4 nitrogen and oxygen atoms in total. The Morgan fingerprint density at radius 2 is 1.75 bits per heavy atom. The topological polar surface area (TPSA) is 49.4 Å². The minimum atomic E-state index is -0.0189. The molecule has 2 amide bonds. The van der Waals surface area contributed by atoms with Gasteiger partial charge in [-0.25, -0.2) is 0 Å². The van der Waals surface area contributed by atoms with Crippen LogP contribution in [0.1, 0.15) is 29.7 Å². The molecule has 2 heterocycles. The molecule has 2 aromatic rings. The maximum Gasteiger partial charge on any atom is 0.229 e. The smallest absolute Gasteiger partial charge is 0.229 e. The summed E-state index contributed by atoms with van der Waals surface area (Å²) in [5.74, 6) is 0.179. The van der Waals surface area contributed by atoms with E-state index < -0.39 is 0 Å². The molecule has 0 atom stereocenters. The number of likely N-dealkylation sites (tertiary alicyclic amines) is 1. The second kappa shape index (κ2) is 8.11. The summed E-state index contributed by atoms with van der Waals surface area (Å²) in [5, 5.41) is 4.87. The molecule has 1 N–H and O–H groups in total. The van der Waals surface area contributed by atoms with Crippen molar-refractivity contribution in [1.82, 2.24) is 4.90 Å². The fourth-order valence-electron chi connectivity index (χ4n) is 2.91. The molecule has 0 bridgehead atoms. The van der Waals surface area contributed by atoms with Crippen molar-refractivity contribution in [2.45, 2.75) is 32.1 Å². The second-order valence-electron chi connectivity index (χ2n) is 6.12. The fourth-order valence-corrected chi connectivity index (χ4v) is 3.62. The van der Waals surface area contributed by atoms with E-state index in [1.807, 2.05) is 46.7 Å². The van der Waals surface area contributed by atoms with E-state index in [1.165, 1.54) is 6.42 Å². The van der Waals surface area contributed by atoms with Crippen LogP contribution in [0.2, 0.25) is 0 Å². The third kappa shape index (κ3) is 4.68. The van der Waals surface area contributed by atoms with Gasteiger partial charge in [0.1, 0.15) is 0 Å². The molecule has 1 saturated heterocycles. The molecule has 0 saturated carbocycles. The van der Waals surface area contributed by atoms with Gasteiger partial charge < -0.3 is 10.2 Å². The fraction of sp³-hybridized carbons (Fsp3) is 0.368. The van der Waals surface area contributed by atoms with Crippen molar-refractivity contribution < 1.29 is 9.59 Å². The number of hydrogen-bond donors (Lipinski definition) is 1. The molecule has 0 aliphatic carbocycles. The normalized spacial score (nSPS) is 14.4. The van der Waals surface area contributed by atoms with Gasteiger partial charge in [0.05, 0.1) is 12.8 Å². The zero-order valence-electron chi connectivity index (χ0n) is 13.7. The molecule has 126 valence electrons. The highest BCUT2D eigenvalue weighted by atomic mass is 32.1. The predicted molar refractivity (Wildman–Crippen MR) is 97.2 cm³/mol. The number of rotatable bonds is 5. The van der Waals surface area contributed by atoms with Gasteiger partial charge in [-0.15, -0.1) is 11.3 Å². The lowest BCUT2D eigenvalue weighted by Crippen LogP contribution is -2.36. The van der Waals surface area contributed by atoms with Crippen LogP contribution in [0.15, 0.2) is 41.8 Å². The lowest BCUT2D eigenvalue weighted by Gasteiger charge is -2.26. The van der Waals surface area contributed by atoms with Crippen molar-refractivity contribution in [1.29, 1.82) is 0 Å². The lowest BCUT2D eigenvalue weighted by molar-refractivity contribution is -0.131. The molecule has 3 rings (SSSR count). The first-order chi connectivity index (χ1) is 11.7. The van der Waals surface area contributed by atoms with Crippen molar-refractivity contribution in [2.24, 2.45) is 0 Å². The molecule has 0 unspecified atom stereocenters. The van der Waals surface area contributed by atoms with Gasteiger partial charge in [-0.05, 0) is 48.4 Å². The molecule has 0 spiro atoms. The van der Waals surface area contributed by atoms with Gasteiger partial charge in [-0.1, -0.05) is 18.2 Å². The van der Waals surface area contributed by atoms with E-state index in [0.717, 1.165) is 42.1 Å². The Bertz CT molecular complexity index is 674. The number of benzene rings is 1. The van der Waals surface area contributed by atoms with Crippen LogP contribution in [0.5, 0.6) is 0 Å². The van der Waals surface area contributed by atoms with E-state index in [2.05, 4.69) is 5.32 Å². The van der Waals surface area contributed by atoms with Crippen LogP contribution in [0.25, 0.3) is 0 Å². The molecule has 0 radical (unpaired) electrons. The molecule has 1 aromatic carbocycles. The van der Waals surface area contributed by atoms with Gasteiger partial charge >= 0.3 is 0 Å². The highest BCUT2D eigenvalue weighted by Crippen LogP contribution is 2.15. The average molecular weight is 342 g/mol. The summed E-state index contributed by atoms with van der Waals surface area (Å²) in [7, 11) is 0. The van der Waals surface area contributed by atoms with Crippen molar-refractivity contribution >= 4 is 28.8 Å². The SMILES string of the molecule is O=C(Cc1cccs1)Nc1ccc(CC(=O)N2CCCCC2)cc1. The lowest BCUT2D eigenvalue weighted by atomic mass is 10.1. The first-order valence-electron chi connectivity index (χ1n) is 8.40. The van der Waals surface area contributed by atoms with Crippen LogP contribution < -0.4 is 5.32 Å². The Morgan fingerprint density at radius 3 is 2.42 bits per heavy atom. The summed E-state index contributed by atoms with van der Waals surface area (Å²) in [6, 6.07) is 11.5. The van der Waals surface area contributed by atoms with Crippen LogP contribution in [0.3, 0.4) is 0 Å². The number of nitrogens with zero attached hydrogens (tertiary/aromatic N) is 1. The highest BCUT2D eigenvalue weighted by Gasteiger charge is 2.16. The summed E-state index contributed by atoms with van der Waals surface area (Å²) in [6.07, 6.45) is 4.28. The predicted octanol–water partition coefficient (Wildman–Crippen LogP) is 3.48. The summed E-state index contributed by atoms with van der Waals surface area (Å²) in [5.41, 5.74) is 1.76. The number of carbonyl (C=O) groups is 2. The van der Waals surface area contributed by atoms with Crippen LogP contribution in [0, 0.1) is 0 Å². The summed E-state index contributed by atoms with van der Waals surface area (Å²) < 4.78 is 0. The summed E-state index contributed by atoms with van der Waals surface area (Å²) >= 11 is 1.58. The van der Waals surface area contributed by atoms with Gasteiger partial charge in [0.15, 0.2) is 0 Å². The van der Waals surface area contributed by atoms with Crippen molar-refractivity contribution in [2.75, 3.05) is 18.4 Å². The number of piperidine rings is 1. The first kappa shape index (κ1) is 16.7. The maximum absolute atomic E-state index is 12.3. The second-order valence-corrected chi connectivity index (χ2v) is 7.15. The third-order valence-corrected chi connectivity index (χ3v) is 5.09. The van der Waals surface area contributed by atoms with Gasteiger partial charge in [0.25, 0.3) is 0 Å². The quantitative estimate of drug-likeness (QED) is 0.904. The van der Waals surface area contributed by atoms with Crippen LogP contribution >= 0.6 is 11.3 Å². The molecule has 24 heavy (non-hydrogen) atoms. The molecule has 5 heteroatoms. The highest BCUT2D eigenvalue weighted by molar-refractivity contribution is 7.10. The van der Waals surface area contributed by atoms with E-state index in [0.29, 0.717) is 12.8 Å². The average Bonchev–Trinajstić information content (AvgIpc) is 3.10. The standard InChI is InChI=1S/C19H22N2O2S/c22-18(14-17-5-4-12-24-17)20-16-8-6-15(7-9-16)13-19(23)21-10-2-1-3-11-21/h4-9,12H,1-3,10-11,13-14H2,(H,20,22). The van der Waals surface area contributed by atoms with Crippen molar-refractivity contribution in [3.8, 4) is 0 Å². The zero-order chi connectivity index (χ0) is 16.8. The first-order valence-corrected chi connectivity index (χ1v) is 9.27. The Hall–Kier alpha value is -2.14.